The van der Waals surface area contributed by atoms with E-state index in [1.165, 1.54) is 16.1 Å². The molecule has 7 heteroatoms. The summed E-state index contributed by atoms with van der Waals surface area (Å²) in [4.78, 5) is 0.242. The maximum Gasteiger partial charge on any atom is 0.243 e. The highest BCUT2D eigenvalue weighted by Crippen LogP contribution is 2.26. The Labute approximate surface area is 155 Å². The first-order valence-electron chi connectivity index (χ1n) is 8.54. The highest BCUT2D eigenvalue weighted by Gasteiger charge is 2.32. The number of sulfone groups is 1. The van der Waals surface area contributed by atoms with Crippen molar-refractivity contribution in [3.8, 4) is 11.1 Å². The molecule has 5 nitrogen and oxygen atoms in total. The molecule has 1 heterocycles. The molecule has 3 rings (SSSR count). The monoisotopic (exact) mass is 393 g/mol. The highest BCUT2D eigenvalue weighted by molar-refractivity contribution is 7.91. The first-order valence-corrected chi connectivity index (χ1v) is 11.9. The van der Waals surface area contributed by atoms with Crippen LogP contribution in [0.4, 0.5) is 0 Å². The summed E-state index contributed by atoms with van der Waals surface area (Å²) in [5.41, 5.74) is 3.17. The van der Waals surface area contributed by atoms with Crippen LogP contribution in [-0.4, -0.2) is 45.7 Å². The minimum Gasteiger partial charge on any atom is -0.229 e. The minimum absolute atomic E-state index is 0.236. The van der Waals surface area contributed by atoms with Crippen LogP contribution in [0.1, 0.15) is 18.4 Å². The second-order valence-corrected chi connectivity index (χ2v) is 11.1. The van der Waals surface area contributed by atoms with Crippen LogP contribution < -0.4 is 0 Å². The normalized spacial score (nSPS) is 17.3. The Balaban J connectivity index is 1.77. The SMILES string of the molecule is Cc1ccc(-c2ccc(S(=O)(=O)N3CCC(S(C)(=O)=O)CC3)cc2)cc1. The van der Waals surface area contributed by atoms with Gasteiger partial charge in [0.15, 0.2) is 0 Å². The van der Waals surface area contributed by atoms with Crippen molar-refractivity contribution in [2.75, 3.05) is 19.3 Å². The molecule has 2 aromatic carbocycles. The second kappa shape index (κ2) is 7.13. The summed E-state index contributed by atoms with van der Waals surface area (Å²) < 4.78 is 50.3. The van der Waals surface area contributed by atoms with E-state index < -0.39 is 25.1 Å². The lowest BCUT2D eigenvalue weighted by Crippen LogP contribution is -2.42. The van der Waals surface area contributed by atoms with Crippen molar-refractivity contribution >= 4 is 19.9 Å². The van der Waals surface area contributed by atoms with Gasteiger partial charge in [0, 0.05) is 19.3 Å². The maximum atomic E-state index is 12.8. The fourth-order valence-corrected chi connectivity index (χ4v) is 5.75. The van der Waals surface area contributed by atoms with Crippen molar-refractivity contribution < 1.29 is 16.8 Å². The van der Waals surface area contributed by atoms with E-state index in [1.807, 2.05) is 31.2 Å². The zero-order valence-corrected chi connectivity index (χ0v) is 16.6. The van der Waals surface area contributed by atoms with Gasteiger partial charge in [-0.1, -0.05) is 42.0 Å². The second-order valence-electron chi connectivity index (χ2n) is 6.82. The van der Waals surface area contributed by atoms with Gasteiger partial charge in [-0.25, -0.2) is 16.8 Å². The van der Waals surface area contributed by atoms with Crippen LogP contribution in [0.25, 0.3) is 11.1 Å². The van der Waals surface area contributed by atoms with E-state index in [0.29, 0.717) is 12.8 Å². The van der Waals surface area contributed by atoms with Crippen LogP contribution in [0.5, 0.6) is 0 Å². The average Bonchev–Trinajstić information content (AvgIpc) is 2.62. The lowest BCUT2D eigenvalue weighted by molar-refractivity contribution is 0.346. The zero-order valence-electron chi connectivity index (χ0n) is 14.9. The predicted octanol–water partition coefficient (Wildman–Crippen LogP) is 2.86. The van der Waals surface area contributed by atoms with Crippen molar-refractivity contribution in [2.24, 2.45) is 0 Å². The lowest BCUT2D eigenvalue weighted by atomic mass is 10.0. The number of benzene rings is 2. The van der Waals surface area contributed by atoms with E-state index in [9.17, 15) is 16.8 Å². The summed E-state index contributed by atoms with van der Waals surface area (Å²) in [5, 5.41) is -0.446. The molecule has 0 saturated carbocycles. The Bertz CT molecular complexity index is 971. The molecule has 0 amide bonds. The molecule has 2 aromatic rings. The van der Waals surface area contributed by atoms with Crippen molar-refractivity contribution in [3.63, 3.8) is 0 Å². The van der Waals surface area contributed by atoms with Gasteiger partial charge in [0.2, 0.25) is 10.0 Å². The number of piperidine rings is 1. The fraction of sp³-hybridized carbons (Fsp3) is 0.368. The maximum absolute atomic E-state index is 12.8. The third-order valence-electron chi connectivity index (χ3n) is 4.88. The van der Waals surface area contributed by atoms with E-state index in [-0.39, 0.29) is 18.0 Å². The van der Waals surface area contributed by atoms with Crippen molar-refractivity contribution in [2.45, 2.75) is 29.9 Å². The molecule has 0 aromatic heterocycles. The van der Waals surface area contributed by atoms with Crippen LogP contribution in [0.3, 0.4) is 0 Å². The van der Waals surface area contributed by atoms with Gasteiger partial charge >= 0.3 is 0 Å². The molecule has 0 aliphatic carbocycles. The predicted molar refractivity (Wildman–Crippen MR) is 103 cm³/mol. The Morgan fingerprint density at radius 2 is 1.27 bits per heavy atom. The average molecular weight is 394 g/mol. The summed E-state index contributed by atoms with van der Waals surface area (Å²) in [7, 11) is -6.72. The van der Waals surface area contributed by atoms with E-state index in [4.69, 9.17) is 0 Å². The van der Waals surface area contributed by atoms with E-state index in [2.05, 4.69) is 0 Å². The first-order chi connectivity index (χ1) is 12.2. The third-order valence-corrected chi connectivity index (χ3v) is 8.48. The van der Waals surface area contributed by atoms with Gasteiger partial charge in [-0.15, -0.1) is 0 Å². The van der Waals surface area contributed by atoms with E-state index in [1.54, 1.807) is 24.3 Å². The molecule has 0 N–H and O–H groups in total. The van der Waals surface area contributed by atoms with Crippen LogP contribution in [0.15, 0.2) is 53.4 Å². The van der Waals surface area contributed by atoms with Gasteiger partial charge in [0.1, 0.15) is 9.84 Å². The molecule has 26 heavy (non-hydrogen) atoms. The number of sulfonamides is 1. The molecule has 0 radical (unpaired) electrons. The Morgan fingerprint density at radius 3 is 1.73 bits per heavy atom. The van der Waals surface area contributed by atoms with E-state index >= 15 is 0 Å². The van der Waals surface area contributed by atoms with Gasteiger partial charge in [-0.3, -0.25) is 0 Å². The number of nitrogens with zero attached hydrogens (tertiary/aromatic N) is 1. The van der Waals surface area contributed by atoms with Gasteiger partial charge in [-0.2, -0.15) is 4.31 Å². The Kier molecular flexibility index (Phi) is 5.23. The summed E-state index contributed by atoms with van der Waals surface area (Å²) >= 11 is 0. The van der Waals surface area contributed by atoms with Crippen molar-refractivity contribution in [1.29, 1.82) is 0 Å². The molecule has 1 aliphatic rings. The van der Waals surface area contributed by atoms with Crippen LogP contribution >= 0.6 is 0 Å². The first kappa shape index (κ1) is 19.1. The summed E-state index contributed by atoms with van der Waals surface area (Å²) in [6.45, 7) is 2.49. The summed E-state index contributed by atoms with van der Waals surface area (Å²) in [6.07, 6.45) is 1.91. The Morgan fingerprint density at radius 1 is 0.808 bits per heavy atom. The lowest BCUT2D eigenvalue weighted by Gasteiger charge is -2.30. The molecule has 1 fully saturated rings. The van der Waals surface area contributed by atoms with Crippen molar-refractivity contribution in [1.82, 2.24) is 4.31 Å². The van der Waals surface area contributed by atoms with Crippen LogP contribution in [-0.2, 0) is 19.9 Å². The number of aryl methyl sites for hydroxylation is 1. The molecule has 0 atom stereocenters. The quantitative estimate of drug-likeness (QED) is 0.801. The van der Waals surface area contributed by atoms with Crippen LogP contribution in [0, 0.1) is 6.92 Å². The van der Waals surface area contributed by atoms with Gasteiger partial charge in [0.05, 0.1) is 10.1 Å². The zero-order chi connectivity index (χ0) is 18.9. The highest BCUT2D eigenvalue weighted by atomic mass is 32.2. The topological polar surface area (TPSA) is 71.5 Å². The molecule has 0 spiro atoms. The van der Waals surface area contributed by atoms with Gasteiger partial charge < -0.3 is 0 Å². The van der Waals surface area contributed by atoms with Gasteiger partial charge in [-0.05, 0) is 43.0 Å². The smallest absolute Gasteiger partial charge is 0.229 e. The van der Waals surface area contributed by atoms with Crippen molar-refractivity contribution in [3.05, 3.63) is 54.1 Å². The largest absolute Gasteiger partial charge is 0.243 e. The molecule has 0 bridgehead atoms. The summed E-state index contributed by atoms with van der Waals surface area (Å²) in [5.74, 6) is 0. The number of hydrogen-bond donors (Lipinski definition) is 0. The van der Waals surface area contributed by atoms with Gasteiger partial charge in [0.25, 0.3) is 0 Å². The van der Waals surface area contributed by atoms with Crippen LogP contribution in [0.2, 0.25) is 0 Å². The number of rotatable bonds is 4. The third kappa shape index (κ3) is 4.00. The molecule has 1 aliphatic heterocycles. The molecule has 1 saturated heterocycles. The summed E-state index contributed by atoms with van der Waals surface area (Å²) in [6, 6.07) is 14.9. The molecular weight excluding hydrogens is 370 g/mol. The Hall–Kier alpha value is -1.70. The molecular formula is C19H23NO4S2. The fourth-order valence-electron chi connectivity index (χ4n) is 3.22. The standard InChI is InChI=1S/C19H23NO4S2/c1-15-3-5-16(6-4-15)17-7-9-19(10-8-17)26(23,24)20-13-11-18(12-14-20)25(2,21)22/h3-10,18H,11-14H2,1-2H3. The van der Waals surface area contributed by atoms with E-state index in [0.717, 1.165) is 11.1 Å². The minimum atomic E-state index is -3.60. The number of hydrogen-bond acceptors (Lipinski definition) is 4. The molecule has 0 unspecified atom stereocenters. The molecule has 140 valence electrons.